The van der Waals surface area contributed by atoms with Crippen LogP contribution in [-0.4, -0.2) is 82.3 Å². The third kappa shape index (κ3) is 5.06. The third-order valence-corrected chi connectivity index (χ3v) is 7.59. The number of halogens is 4. The highest BCUT2D eigenvalue weighted by Gasteiger charge is 2.41. The quantitative estimate of drug-likeness (QED) is 0.367. The van der Waals surface area contributed by atoms with E-state index in [-0.39, 0.29) is 30.9 Å². The molecule has 1 saturated heterocycles. The Morgan fingerprint density at radius 2 is 1.95 bits per heavy atom. The van der Waals surface area contributed by atoms with Gasteiger partial charge >= 0.3 is 0 Å². The molecule has 0 aliphatic carbocycles. The van der Waals surface area contributed by atoms with Crippen molar-refractivity contribution in [3.8, 4) is 0 Å². The normalized spacial score (nSPS) is 22.6. The minimum Gasteiger partial charge on any atom is -0.393 e. The summed E-state index contributed by atoms with van der Waals surface area (Å²) in [5.74, 6) is -1.44. The van der Waals surface area contributed by atoms with E-state index in [1.54, 1.807) is 11.1 Å². The van der Waals surface area contributed by atoms with Crippen LogP contribution >= 0.6 is 0 Å². The number of nitrogens with one attached hydrogen (secondary N) is 2. The Morgan fingerprint density at radius 1 is 1.22 bits per heavy atom. The fraction of sp³-hybridized carbons (Fsp3) is 0.519. The number of alkyl halides is 2. The van der Waals surface area contributed by atoms with Crippen molar-refractivity contribution in [1.29, 1.82) is 0 Å². The summed E-state index contributed by atoms with van der Waals surface area (Å²) in [7, 11) is 0. The Bertz CT molecular complexity index is 1240. The van der Waals surface area contributed by atoms with E-state index in [1.807, 2.05) is 19.1 Å². The molecule has 3 aromatic rings. The molecule has 200 valence electrons. The van der Waals surface area contributed by atoms with Crippen LogP contribution in [0.3, 0.4) is 0 Å². The number of rotatable bonds is 9. The van der Waals surface area contributed by atoms with Gasteiger partial charge in [0, 0.05) is 48.9 Å². The topological polar surface area (TPSA) is 67.4 Å². The Hall–Kier alpha value is -2.69. The summed E-state index contributed by atoms with van der Waals surface area (Å²) in [5, 5.41) is 20.7. The second kappa shape index (κ2) is 10.2. The summed E-state index contributed by atoms with van der Waals surface area (Å²) >= 11 is 0. The Balaban J connectivity index is 1.50. The molecular formula is C27H33F4N5O. The van der Waals surface area contributed by atoms with Crippen LogP contribution in [0.4, 0.5) is 23.2 Å². The number of aliphatic hydroxyl groups excluding tert-OH is 1. The zero-order valence-corrected chi connectivity index (χ0v) is 21.1. The van der Waals surface area contributed by atoms with Crippen LogP contribution in [0.5, 0.6) is 0 Å². The van der Waals surface area contributed by atoms with Crippen LogP contribution in [0.1, 0.15) is 43.0 Å². The molecule has 2 aromatic carbocycles. The van der Waals surface area contributed by atoms with E-state index >= 15 is 13.2 Å². The van der Waals surface area contributed by atoms with Crippen LogP contribution in [0.25, 0.3) is 10.9 Å². The van der Waals surface area contributed by atoms with Gasteiger partial charge in [0.25, 0.3) is 0 Å². The standard InChI is InChI=1S/C27H33F4N5O/c1-16-8-20-19(4-5-24-21(20)11-32-34-24)26(36(16)14-27(2,31)15-37)25-22(29)9-17(10-23(25)30)33-18-12-35(13-18)7-3-6-28/h4-5,9-11,16,18,26,33,37H,3,6-8,12-15H2,1-2H3,(H,32,34)/t16-,26+,27+/m1/s1. The number of H-pyrrole nitrogens is 1. The maximum atomic E-state index is 15.8. The summed E-state index contributed by atoms with van der Waals surface area (Å²) in [5.41, 5.74) is 0.686. The Kier molecular flexibility index (Phi) is 7.17. The van der Waals surface area contributed by atoms with Crippen molar-refractivity contribution in [2.24, 2.45) is 0 Å². The van der Waals surface area contributed by atoms with Crippen LogP contribution in [0.15, 0.2) is 30.5 Å². The monoisotopic (exact) mass is 519 g/mol. The fourth-order valence-electron chi connectivity index (χ4n) is 5.71. The van der Waals surface area contributed by atoms with Gasteiger partial charge in [0.05, 0.1) is 37.1 Å². The van der Waals surface area contributed by atoms with Crippen molar-refractivity contribution in [2.75, 3.05) is 44.8 Å². The molecule has 5 rings (SSSR count). The van der Waals surface area contributed by atoms with E-state index in [1.165, 1.54) is 19.1 Å². The molecule has 0 unspecified atom stereocenters. The van der Waals surface area contributed by atoms with Crippen LogP contribution < -0.4 is 5.32 Å². The number of aromatic amines is 1. The van der Waals surface area contributed by atoms with Crippen LogP contribution in [0, 0.1) is 11.6 Å². The van der Waals surface area contributed by atoms with Crippen molar-refractivity contribution in [3.05, 3.63) is 58.8 Å². The molecule has 0 bridgehead atoms. The number of aromatic nitrogens is 2. The predicted octanol–water partition coefficient (Wildman–Crippen LogP) is 4.35. The molecule has 37 heavy (non-hydrogen) atoms. The van der Waals surface area contributed by atoms with E-state index < -0.39 is 30.0 Å². The predicted molar refractivity (Wildman–Crippen MR) is 135 cm³/mol. The van der Waals surface area contributed by atoms with Gasteiger partial charge < -0.3 is 10.4 Å². The number of nitrogens with zero attached hydrogens (tertiary/aromatic N) is 3. The molecule has 10 heteroatoms. The minimum atomic E-state index is -1.95. The first-order chi connectivity index (χ1) is 17.7. The first-order valence-corrected chi connectivity index (χ1v) is 12.7. The Labute approximate surface area is 213 Å². The molecule has 2 aliphatic heterocycles. The number of anilines is 1. The summed E-state index contributed by atoms with van der Waals surface area (Å²) in [6, 6.07) is 5.12. The summed E-state index contributed by atoms with van der Waals surface area (Å²) < 4.78 is 59.0. The summed E-state index contributed by atoms with van der Waals surface area (Å²) in [6.07, 6.45) is 2.73. The molecule has 1 fully saturated rings. The lowest BCUT2D eigenvalue weighted by molar-refractivity contribution is 0.0169. The molecule has 3 heterocycles. The van der Waals surface area contributed by atoms with Crippen molar-refractivity contribution in [1.82, 2.24) is 20.0 Å². The van der Waals surface area contributed by atoms with Crippen molar-refractivity contribution in [2.45, 2.75) is 50.5 Å². The van der Waals surface area contributed by atoms with Gasteiger partial charge in [-0.05, 0) is 56.0 Å². The van der Waals surface area contributed by atoms with Gasteiger partial charge in [0.1, 0.15) is 17.3 Å². The second-order valence-electron chi connectivity index (χ2n) is 10.7. The maximum Gasteiger partial charge on any atom is 0.143 e. The number of likely N-dealkylation sites (tertiary alicyclic amines) is 1. The lowest BCUT2D eigenvalue weighted by Crippen LogP contribution is -2.54. The lowest BCUT2D eigenvalue weighted by Gasteiger charge is -2.44. The van der Waals surface area contributed by atoms with Crippen LogP contribution in [-0.2, 0) is 6.42 Å². The maximum absolute atomic E-state index is 15.8. The van der Waals surface area contributed by atoms with E-state index in [0.717, 1.165) is 16.5 Å². The average Bonchev–Trinajstić information content (AvgIpc) is 3.31. The molecular weight excluding hydrogens is 486 g/mol. The summed E-state index contributed by atoms with van der Waals surface area (Å²) in [4.78, 5) is 3.83. The SMILES string of the molecule is C[C@@H]1Cc2c(ccc3[nH]ncc23)[C@@H](c2c(F)cc(NC3CN(CCCF)C3)cc2F)N1C[C@](C)(F)CO. The second-order valence-corrected chi connectivity index (χ2v) is 10.7. The zero-order chi connectivity index (χ0) is 26.3. The van der Waals surface area contributed by atoms with Gasteiger partial charge in [0.2, 0.25) is 0 Å². The molecule has 3 atom stereocenters. The minimum absolute atomic E-state index is 0.0300. The number of aliphatic hydroxyl groups is 1. The molecule has 0 spiro atoms. The van der Waals surface area contributed by atoms with Crippen molar-refractivity contribution < 1.29 is 22.7 Å². The van der Waals surface area contributed by atoms with Gasteiger partial charge in [-0.3, -0.25) is 19.3 Å². The van der Waals surface area contributed by atoms with E-state index in [4.69, 9.17) is 0 Å². The van der Waals surface area contributed by atoms with Crippen LogP contribution in [0.2, 0.25) is 0 Å². The largest absolute Gasteiger partial charge is 0.393 e. The van der Waals surface area contributed by atoms with Crippen molar-refractivity contribution >= 4 is 16.6 Å². The van der Waals surface area contributed by atoms with Gasteiger partial charge in [0.15, 0.2) is 0 Å². The molecule has 1 aromatic heterocycles. The first kappa shape index (κ1) is 25.9. The smallest absolute Gasteiger partial charge is 0.143 e. The van der Waals surface area contributed by atoms with E-state index in [2.05, 4.69) is 20.4 Å². The van der Waals surface area contributed by atoms with Gasteiger partial charge in [-0.15, -0.1) is 0 Å². The van der Waals surface area contributed by atoms with Gasteiger partial charge in [-0.25, -0.2) is 13.2 Å². The highest BCUT2D eigenvalue weighted by Crippen LogP contribution is 2.43. The molecule has 0 saturated carbocycles. The van der Waals surface area contributed by atoms with Crippen molar-refractivity contribution in [3.63, 3.8) is 0 Å². The van der Waals surface area contributed by atoms with E-state index in [9.17, 15) is 9.50 Å². The number of fused-ring (bicyclic) bond motifs is 3. The molecule has 3 N–H and O–H groups in total. The first-order valence-electron chi connectivity index (χ1n) is 12.7. The number of hydrogen-bond acceptors (Lipinski definition) is 5. The summed E-state index contributed by atoms with van der Waals surface area (Å²) in [6.45, 7) is 3.98. The molecule has 0 radical (unpaired) electrons. The third-order valence-electron chi connectivity index (χ3n) is 7.59. The number of hydrogen-bond donors (Lipinski definition) is 3. The molecule has 0 amide bonds. The fourth-order valence-corrected chi connectivity index (χ4v) is 5.71. The Morgan fingerprint density at radius 3 is 2.62 bits per heavy atom. The lowest BCUT2D eigenvalue weighted by atomic mass is 9.82. The zero-order valence-electron chi connectivity index (χ0n) is 21.1. The molecule has 2 aliphatic rings. The molecule has 6 nitrogen and oxygen atoms in total. The average molecular weight is 520 g/mol. The van der Waals surface area contributed by atoms with E-state index in [0.29, 0.717) is 43.7 Å². The van der Waals surface area contributed by atoms with Gasteiger partial charge in [-0.2, -0.15) is 5.10 Å². The highest BCUT2D eigenvalue weighted by atomic mass is 19.1. The highest BCUT2D eigenvalue weighted by molar-refractivity contribution is 5.83. The van der Waals surface area contributed by atoms with Gasteiger partial charge in [-0.1, -0.05) is 6.07 Å². The number of benzene rings is 2.